The van der Waals surface area contributed by atoms with E-state index in [1.54, 1.807) is 49.2 Å². The Hall–Kier alpha value is -3.65. The van der Waals surface area contributed by atoms with Gasteiger partial charge in [-0.05, 0) is 42.3 Å². The largest absolute Gasteiger partial charge is 0.507 e. The van der Waals surface area contributed by atoms with Crippen LogP contribution < -0.4 is 4.74 Å². The highest BCUT2D eigenvalue weighted by atomic mass is 35.5. The van der Waals surface area contributed by atoms with E-state index < -0.39 is 17.7 Å². The van der Waals surface area contributed by atoms with E-state index in [4.69, 9.17) is 16.3 Å². The number of pyridine rings is 1. The number of imidazole rings is 1. The summed E-state index contributed by atoms with van der Waals surface area (Å²) in [4.78, 5) is 35.6. The molecule has 164 valence electrons. The zero-order chi connectivity index (χ0) is 22.7. The lowest BCUT2D eigenvalue weighted by atomic mass is 9.95. The Labute approximate surface area is 189 Å². The van der Waals surface area contributed by atoms with Crippen molar-refractivity contribution in [1.29, 1.82) is 0 Å². The number of methoxy groups -OCH3 is 1. The van der Waals surface area contributed by atoms with Gasteiger partial charge in [-0.3, -0.25) is 14.6 Å². The van der Waals surface area contributed by atoms with E-state index in [2.05, 4.69) is 9.97 Å². The maximum atomic E-state index is 13.1. The van der Waals surface area contributed by atoms with E-state index in [-0.39, 0.29) is 16.9 Å². The topological polar surface area (TPSA) is 97.6 Å². The molecule has 9 heteroatoms. The molecule has 1 fully saturated rings. The summed E-state index contributed by atoms with van der Waals surface area (Å²) in [6, 6.07) is 7.41. The number of aliphatic hydroxyl groups excluding tert-OH is 1. The molecule has 1 amide bonds. The molecule has 1 aromatic carbocycles. The van der Waals surface area contributed by atoms with Gasteiger partial charge in [-0.1, -0.05) is 11.6 Å². The minimum Gasteiger partial charge on any atom is -0.507 e. The number of hydrogen-bond donors (Lipinski definition) is 1. The third kappa shape index (κ3) is 4.09. The quantitative estimate of drug-likeness (QED) is 0.335. The molecule has 1 saturated heterocycles. The number of ketones is 1. The Balaban J connectivity index is 1.76. The van der Waals surface area contributed by atoms with Crippen LogP contribution in [-0.2, 0) is 16.1 Å². The Kier molecular flexibility index (Phi) is 6.23. The van der Waals surface area contributed by atoms with Gasteiger partial charge in [0.15, 0.2) is 0 Å². The first-order chi connectivity index (χ1) is 15.5. The number of carbonyl (C=O) groups excluding carboxylic acids is 2. The predicted octanol–water partition coefficient (Wildman–Crippen LogP) is 3.45. The molecule has 1 N–H and O–H groups in total. The fraction of sp³-hybridized carbons (Fsp3) is 0.217. The number of benzene rings is 1. The molecule has 32 heavy (non-hydrogen) atoms. The number of Topliss-reactive ketones (excluding diaryl/α,β-unsaturated/α-hetero) is 1. The number of nitrogens with zero attached hydrogens (tertiary/aromatic N) is 4. The summed E-state index contributed by atoms with van der Waals surface area (Å²) in [6.07, 6.45) is 8.98. The maximum absolute atomic E-state index is 13.1. The summed E-state index contributed by atoms with van der Waals surface area (Å²) in [5.74, 6) is -1.41. The molecule has 3 heterocycles. The summed E-state index contributed by atoms with van der Waals surface area (Å²) in [5.41, 5.74) is 0.907. The smallest absolute Gasteiger partial charge is 0.295 e. The Bertz CT molecular complexity index is 1160. The van der Waals surface area contributed by atoms with Gasteiger partial charge in [-0.15, -0.1) is 0 Å². The highest BCUT2D eigenvalue weighted by Gasteiger charge is 2.46. The van der Waals surface area contributed by atoms with Crippen LogP contribution >= 0.6 is 11.6 Å². The van der Waals surface area contributed by atoms with Gasteiger partial charge in [0.25, 0.3) is 11.7 Å². The molecule has 1 aliphatic heterocycles. The number of aliphatic hydroxyl groups is 1. The second-order valence-corrected chi connectivity index (χ2v) is 7.71. The summed E-state index contributed by atoms with van der Waals surface area (Å²) < 4.78 is 7.23. The van der Waals surface area contributed by atoms with Crippen molar-refractivity contribution in [2.75, 3.05) is 13.7 Å². The van der Waals surface area contributed by atoms with Gasteiger partial charge in [-0.2, -0.15) is 0 Å². The molecule has 0 bridgehead atoms. The zero-order valence-electron chi connectivity index (χ0n) is 17.3. The molecule has 0 saturated carbocycles. The van der Waals surface area contributed by atoms with Gasteiger partial charge < -0.3 is 19.3 Å². The Morgan fingerprint density at radius 2 is 1.91 bits per heavy atom. The summed E-state index contributed by atoms with van der Waals surface area (Å²) in [7, 11) is 1.45. The molecule has 3 aromatic rings. The van der Waals surface area contributed by atoms with E-state index in [1.807, 2.05) is 10.8 Å². The third-order valence-corrected chi connectivity index (χ3v) is 5.59. The van der Waals surface area contributed by atoms with Gasteiger partial charge in [0.2, 0.25) is 0 Å². The fourth-order valence-corrected chi connectivity index (χ4v) is 4.03. The van der Waals surface area contributed by atoms with Gasteiger partial charge >= 0.3 is 0 Å². The number of likely N-dealkylation sites (tertiary alicyclic amines) is 1. The number of halogens is 1. The molecule has 2 aromatic heterocycles. The standard InChI is InChI=1S/C23H21ClN4O4/c1-32-18-4-3-16(24)13-17(18)21(29)19-20(15-5-7-25-8-6-15)28(23(31)22(19)30)11-2-10-27-12-9-26-14-27/h3-9,12-14,20,29H,2,10-11H2,1H3/t20-/m1/s1. The normalized spacial score (nSPS) is 17.7. The van der Waals surface area contributed by atoms with E-state index in [9.17, 15) is 14.7 Å². The highest BCUT2D eigenvalue weighted by Crippen LogP contribution is 2.41. The zero-order valence-corrected chi connectivity index (χ0v) is 18.1. The second kappa shape index (κ2) is 9.23. The molecule has 8 nitrogen and oxygen atoms in total. The lowest BCUT2D eigenvalue weighted by molar-refractivity contribution is -0.139. The highest BCUT2D eigenvalue weighted by molar-refractivity contribution is 6.46. The molecule has 1 aliphatic rings. The van der Waals surface area contributed by atoms with E-state index >= 15 is 0 Å². The monoisotopic (exact) mass is 452 g/mol. The van der Waals surface area contributed by atoms with Gasteiger partial charge in [0.05, 0.1) is 30.6 Å². The van der Waals surface area contributed by atoms with Crippen LogP contribution in [0, 0.1) is 0 Å². The number of hydrogen-bond acceptors (Lipinski definition) is 6. The molecule has 0 radical (unpaired) electrons. The van der Waals surface area contributed by atoms with E-state index in [0.717, 1.165) is 0 Å². The van der Waals surface area contributed by atoms with Crippen molar-refractivity contribution < 1.29 is 19.4 Å². The Morgan fingerprint density at radius 3 is 2.59 bits per heavy atom. The van der Waals surface area contributed by atoms with Crippen LogP contribution in [0.3, 0.4) is 0 Å². The Morgan fingerprint density at radius 1 is 1.12 bits per heavy atom. The molecule has 0 aliphatic carbocycles. The molecule has 1 atom stereocenters. The number of aromatic nitrogens is 3. The molecular formula is C23H21ClN4O4. The van der Waals surface area contributed by atoms with Gasteiger partial charge in [-0.25, -0.2) is 4.98 Å². The minimum atomic E-state index is -0.760. The van der Waals surface area contributed by atoms with Gasteiger partial charge in [0.1, 0.15) is 11.5 Å². The fourth-order valence-electron chi connectivity index (χ4n) is 3.86. The van der Waals surface area contributed by atoms with Gasteiger partial charge in [0, 0.05) is 42.9 Å². The SMILES string of the molecule is COc1ccc(Cl)cc1C(O)=C1C(=O)C(=O)N(CCCn2ccnc2)[C@@H]1c1ccncc1. The van der Waals surface area contributed by atoms with Crippen LogP contribution in [0.5, 0.6) is 5.75 Å². The summed E-state index contributed by atoms with van der Waals surface area (Å²) in [5, 5.41) is 11.5. The lowest BCUT2D eigenvalue weighted by Gasteiger charge is -2.25. The summed E-state index contributed by atoms with van der Waals surface area (Å²) >= 11 is 6.12. The predicted molar refractivity (Wildman–Crippen MR) is 118 cm³/mol. The molecule has 4 rings (SSSR count). The van der Waals surface area contributed by atoms with Crippen LogP contribution in [0.1, 0.15) is 23.6 Å². The van der Waals surface area contributed by atoms with E-state index in [0.29, 0.717) is 35.8 Å². The van der Waals surface area contributed by atoms with Crippen molar-refractivity contribution in [3.63, 3.8) is 0 Å². The van der Waals surface area contributed by atoms with Crippen molar-refractivity contribution in [2.45, 2.75) is 19.0 Å². The lowest BCUT2D eigenvalue weighted by Crippen LogP contribution is -2.31. The average molecular weight is 453 g/mol. The maximum Gasteiger partial charge on any atom is 0.295 e. The van der Waals surface area contributed by atoms with Crippen molar-refractivity contribution in [3.8, 4) is 5.75 Å². The van der Waals surface area contributed by atoms with Crippen LogP contribution in [0.25, 0.3) is 5.76 Å². The second-order valence-electron chi connectivity index (χ2n) is 7.27. The third-order valence-electron chi connectivity index (χ3n) is 5.35. The van der Waals surface area contributed by atoms with Crippen molar-refractivity contribution in [3.05, 3.63) is 83.2 Å². The first-order valence-corrected chi connectivity index (χ1v) is 10.4. The number of aryl methyl sites for hydroxylation is 1. The first-order valence-electron chi connectivity index (χ1n) is 9.99. The minimum absolute atomic E-state index is 0.00982. The molecule has 0 spiro atoms. The van der Waals surface area contributed by atoms with Crippen LogP contribution in [-0.4, -0.2) is 49.9 Å². The van der Waals surface area contributed by atoms with Crippen LogP contribution in [0.2, 0.25) is 5.02 Å². The molecule has 0 unspecified atom stereocenters. The van der Waals surface area contributed by atoms with Crippen molar-refractivity contribution in [1.82, 2.24) is 19.4 Å². The van der Waals surface area contributed by atoms with Crippen LogP contribution in [0.15, 0.2) is 67.0 Å². The average Bonchev–Trinajstić information content (AvgIpc) is 3.41. The number of amides is 1. The van der Waals surface area contributed by atoms with Crippen LogP contribution in [0.4, 0.5) is 0 Å². The number of ether oxygens (including phenoxy) is 1. The van der Waals surface area contributed by atoms with Crippen molar-refractivity contribution in [2.24, 2.45) is 0 Å². The molecular weight excluding hydrogens is 432 g/mol. The first kappa shape index (κ1) is 21.6. The number of carbonyl (C=O) groups is 2. The van der Waals surface area contributed by atoms with Crippen molar-refractivity contribution >= 4 is 29.1 Å². The van der Waals surface area contributed by atoms with E-state index in [1.165, 1.54) is 18.1 Å². The summed E-state index contributed by atoms with van der Waals surface area (Å²) in [6.45, 7) is 0.952. The number of rotatable bonds is 7.